The van der Waals surface area contributed by atoms with E-state index in [4.69, 9.17) is 9.31 Å². The highest BCUT2D eigenvalue weighted by molar-refractivity contribution is 8.77. The van der Waals surface area contributed by atoms with Crippen LogP contribution < -0.4 is 10.2 Å². The predicted molar refractivity (Wildman–Crippen MR) is 79.2 cm³/mol. The van der Waals surface area contributed by atoms with Crippen molar-refractivity contribution < 1.29 is 9.31 Å². The summed E-state index contributed by atoms with van der Waals surface area (Å²) in [6.45, 7) is 8.30. The Morgan fingerprint density at radius 2 is 1.78 bits per heavy atom. The zero-order valence-electron chi connectivity index (χ0n) is 10.9. The van der Waals surface area contributed by atoms with Crippen molar-refractivity contribution in [2.45, 2.75) is 43.8 Å². The van der Waals surface area contributed by atoms with Crippen molar-refractivity contribution in [3.8, 4) is 0 Å². The third kappa shape index (κ3) is 1.95. The van der Waals surface area contributed by atoms with Crippen molar-refractivity contribution in [2.24, 2.45) is 0 Å². The summed E-state index contributed by atoms with van der Waals surface area (Å²) >= 11 is 0. The molecule has 2 heterocycles. The molecule has 0 aliphatic carbocycles. The average Bonchev–Trinajstić information content (AvgIpc) is 2.80. The molecule has 0 bridgehead atoms. The van der Waals surface area contributed by atoms with Crippen LogP contribution in [0.2, 0.25) is 0 Å². The second-order valence-corrected chi connectivity index (χ2v) is 7.59. The van der Waals surface area contributed by atoms with Gasteiger partial charge < -0.3 is 14.0 Å². The van der Waals surface area contributed by atoms with Gasteiger partial charge in [-0.1, -0.05) is 6.07 Å². The standard InChI is InChI=1S/C12H16BNO2S2/c1-11(2)12(3,4)16-13(15-11)8-5-6-9-10(7-8)17-18-14-9/h5-7,14H,1-4H3. The van der Waals surface area contributed by atoms with E-state index in [0.29, 0.717) is 0 Å². The number of rotatable bonds is 1. The molecule has 96 valence electrons. The number of hydrogen-bond donors (Lipinski definition) is 1. The maximum absolute atomic E-state index is 6.05. The maximum Gasteiger partial charge on any atom is 0.494 e. The molecule has 0 aromatic heterocycles. The molecule has 1 saturated heterocycles. The summed E-state index contributed by atoms with van der Waals surface area (Å²) < 4.78 is 15.4. The lowest BCUT2D eigenvalue weighted by molar-refractivity contribution is 0.00578. The Morgan fingerprint density at radius 1 is 1.11 bits per heavy atom. The molecule has 1 N–H and O–H groups in total. The zero-order valence-corrected chi connectivity index (χ0v) is 12.6. The second-order valence-electron chi connectivity index (χ2n) is 5.61. The van der Waals surface area contributed by atoms with Gasteiger partial charge in [-0.2, -0.15) is 0 Å². The summed E-state index contributed by atoms with van der Waals surface area (Å²) in [6, 6.07) is 6.30. The number of fused-ring (bicyclic) bond motifs is 1. The van der Waals surface area contributed by atoms with Gasteiger partial charge in [0, 0.05) is 15.9 Å². The molecule has 1 fully saturated rings. The summed E-state index contributed by atoms with van der Waals surface area (Å²) in [5.41, 5.74) is 1.70. The first-order valence-corrected chi connectivity index (χ1v) is 8.13. The molecule has 3 nitrogen and oxygen atoms in total. The normalized spacial score (nSPS) is 23.9. The Morgan fingerprint density at radius 3 is 2.44 bits per heavy atom. The van der Waals surface area contributed by atoms with Crippen molar-refractivity contribution in [1.82, 2.24) is 0 Å². The lowest BCUT2D eigenvalue weighted by Crippen LogP contribution is -2.41. The van der Waals surface area contributed by atoms with Crippen LogP contribution in [0, 0.1) is 0 Å². The highest BCUT2D eigenvalue weighted by Gasteiger charge is 2.51. The first-order valence-electron chi connectivity index (χ1n) is 5.98. The molecule has 0 spiro atoms. The van der Waals surface area contributed by atoms with Crippen LogP contribution in [-0.4, -0.2) is 18.3 Å². The molecule has 0 saturated carbocycles. The van der Waals surface area contributed by atoms with Gasteiger partial charge in [-0.3, -0.25) is 0 Å². The van der Waals surface area contributed by atoms with Gasteiger partial charge in [-0.15, -0.1) is 0 Å². The van der Waals surface area contributed by atoms with E-state index in [-0.39, 0.29) is 18.3 Å². The first kappa shape index (κ1) is 12.7. The minimum absolute atomic E-state index is 0.272. The summed E-state index contributed by atoms with van der Waals surface area (Å²) in [4.78, 5) is 1.24. The number of anilines is 1. The summed E-state index contributed by atoms with van der Waals surface area (Å²) in [5, 5.41) is 0. The van der Waals surface area contributed by atoms with Gasteiger partial charge >= 0.3 is 7.12 Å². The fourth-order valence-corrected chi connectivity index (χ4v) is 3.86. The summed E-state index contributed by atoms with van der Waals surface area (Å²) in [7, 11) is 3.10. The fraction of sp³-hybridized carbons (Fsp3) is 0.500. The van der Waals surface area contributed by atoms with Crippen molar-refractivity contribution >= 4 is 40.0 Å². The highest BCUT2D eigenvalue weighted by atomic mass is 33.1. The predicted octanol–water partition coefficient (Wildman–Crippen LogP) is 3.07. The van der Waals surface area contributed by atoms with Crippen LogP contribution in [-0.2, 0) is 9.31 Å². The van der Waals surface area contributed by atoms with E-state index < -0.39 is 0 Å². The van der Waals surface area contributed by atoms with Crippen molar-refractivity contribution in [2.75, 3.05) is 4.72 Å². The van der Waals surface area contributed by atoms with Crippen LogP contribution in [0.3, 0.4) is 0 Å². The third-order valence-electron chi connectivity index (χ3n) is 3.81. The van der Waals surface area contributed by atoms with Gasteiger partial charge in [0.15, 0.2) is 0 Å². The molecule has 0 radical (unpaired) electrons. The van der Waals surface area contributed by atoms with Crippen molar-refractivity contribution in [3.05, 3.63) is 18.2 Å². The highest BCUT2D eigenvalue weighted by Crippen LogP contribution is 2.44. The van der Waals surface area contributed by atoms with Crippen LogP contribution in [0.1, 0.15) is 27.7 Å². The Kier molecular flexibility index (Phi) is 2.90. The monoisotopic (exact) mass is 281 g/mol. The molecule has 0 unspecified atom stereocenters. The van der Waals surface area contributed by atoms with E-state index >= 15 is 0 Å². The molecular weight excluding hydrogens is 265 g/mol. The van der Waals surface area contributed by atoms with E-state index in [1.54, 1.807) is 21.8 Å². The average molecular weight is 281 g/mol. The van der Waals surface area contributed by atoms with Crippen LogP contribution >= 0.6 is 21.8 Å². The maximum atomic E-state index is 6.05. The summed E-state index contributed by atoms with van der Waals surface area (Å²) in [6.07, 6.45) is 0. The third-order valence-corrected chi connectivity index (χ3v) is 5.76. The van der Waals surface area contributed by atoms with E-state index in [1.165, 1.54) is 10.6 Å². The van der Waals surface area contributed by atoms with E-state index in [2.05, 4.69) is 50.6 Å². The minimum atomic E-state index is -0.281. The van der Waals surface area contributed by atoms with Gasteiger partial charge in [0.25, 0.3) is 0 Å². The number of benzene rings is 1. The van der Waals surface area contributed by atoms with Crippen LogP contribution in [0.5, 0.6) is 0 Å². The molecule has 1 aromatic rings. The molecule has 6 heteroatoms. The fourth-order valence-electron chi connectivity index (χ4n) is 1.93. The SMILES string of the molecule is CC1(C)OB(c2ccc3c(c2)SSN3)OC1(C)C. The molecule has 3 rings (SSSR count). The Bertz CT molecular complexity index is 477. The van der Waals surface area contributed by atoms with Crippen molar-refractivity contribution in [1.29, 1.82) is 0 Å². The Labute approximate surface area is 116 Å². The van der Waals surface area contributed by atoms with Gasteiger partial charge in [0.2, 0.25) is 0 Å². The Balaban J connectivity index is 1.89. The van der Waals surface area contributed by atoms with E-state index in [9.17, 15) is 0 Å². The number of nitrogens with one attached hydrogen (secondary N) is 1. The molecule has 2 aliphatic heterocycles. The molecule has 2 aliphatic rings. The molecular formula is C12H16BNO2S2. The second kappa shape index (κ2) is 4.10. The zero-order chi connectivity index (χ0) is 13.0. The Hall–Kier alpha value is -0.295. The van der Waals surface area contributed by atoms with Gasteiger partial charge in [0.05, 0.1) is 16.9 Å². The van der Waals surface area contributed by atoms with Crippen LogP contribution in [0.4, 0.5) is 5.69 Å². The van der Waals surface area contributed by atoms with Gasteiger partial charge in [0.1, 0.15) is 0 Å². The molecule has 0 amide bonds. The van der Waals surface area contributed by atoms with Crippen molar-refractivity contribution in [3.63, 3.8) is 0 Å². The van der Waals surface area contributed by atoms with Crippen LogP contribution in [0.15, 0.2) is 23.1 Å². The topological polar surface area (TPSA) is 30.5 Å². The lowest BCUT2D eigenvalue weighted by atomic mass is 9.79. The van der Waals surface area contributed by atoms with Gasteiger partial charge in [-0.05, 0) is 56.1 Å². The molecule has 1 aromatic carbocycles. The van der Waals surface area contributed by atoms with E-state index in [0.717, 1.165) is 5.46 Å². The quantitative estimate of drug-likeness (QED) is 0.485. The lowest BCUT2D eigenvalue weighted by Gasteiger charge is -2.32. The molecule has 0 atom stereocenters. The summed E-state index contributed by atoms with van der Waals surface area (Å²) in [5.74, 6) is 0. The van der Waals surface area contributed by atoms with Gasteiger partial charge in [-0.25, -0.2) is 0 Å². The van der Waals surface area contributed by atoms with E-state index in [1.807, 2.05) is 0 Å². The molecule has 18 heavy (non-hydrogen) atoms. The van der Waals surface area contributed by atoms with Crippen LogP contribution in [0.25, 0.3) is 0 Å². The largest absolute Gasteiger partial charge is 0.494 e. The minimum Gasteiger partial charge on any atom is -0.399 e. The first-order chi connectivity index (χ1) is 8.39. The number of hydrogen-bond acceptors (Lipinski definition) is 5. The smallest absolute Gasteiger partial charge is 0.399 e.